The van der Waals surface area contributed by atoms with Gasteiger partial charge in [-0.2, -0.15) is 0 Å². The summed E-state index contributed by atoms with van der Waals surface area (Å²) in [4.78, 5) is 19.6. The number of rotatable bonds is 6. The Morgan fingerprint density at radius 2 is 2.23 bits per heavy atom. The smallest absolute Gasteiger partial charge is 0.224 e. The number of carbonyl (C=O) groups is 1. The highest BCUT2D eigenvalue weighted by Crippen LogP contribution is 2.18. The van der Waals surface area contributed by atoms with E-state index in [1.807, 2.05) is 42.9 Å². The van der Waals surface area contributed by atoms with Crippen molar-refractivity contribution in [3.8, 4) is 0 Å². The van der Waals surface area contributed by atoms with Gasteiger partial charge < -0.3 is 15.6 Å². The van der Waals surface area contributed by atoms with E-state index < -0.39 is 0 Å². The van der Waals surface area contributed by atoms with Crippen LogP contribution >= 0.6 is 11.3 Å². The molecule has 0 aliphatic rings. The predicted molar refractivity (Wildman–Crippen MR) is 90.4 cm³/mol. The Morgan fingerprint density at radius 3 is 3.05 bits per heavy atom. The normalized spacial score (nSPS) is 10.8. The van der Waals surface area contributed by atoms with Crippen molar-refractivity contribution in [2.45, 2.75) is 12.8 Å². The molecule has 114 valence electrons. The molecule has 1 amide bonds. The molecule has 5 nitrogen and oxygen atoms in total. The average molecular weight is 314 g/mol. The molecule has 3 N–H and O–H groups in total. The van der Waals surface area contributed by atoms with Crippen LogP contribution < -0.4 is 10.6 Å². The van der Waals surface area contributed by atoms with E-state index in [2.05, 4.69) is 20.6 Å². The number of carbonyl (C=O) groups excluding carboxylic acids is 1. The zero-order valence-electron chi connectivity index (χ0n) is 12.3. The molecule has 0 saturated carbocycles. The summed E-state index contributed by atoms with van der Waals surface area (Å²) in [5.41, 5.74) is 3.09. The highest BCUT2D eigenvalue weighted by molar-refractivity contribution is 7.13. The maximum absolute atomic E-state index is 12.1. The molecule has 22 heavy (non-hydrogen) atoms. The Morgan fingerprint density at radius 1 is 1.36 bits per heavy atom. The summed E-state index contributed by atoms with van der Waals surface area (Å²) in [5, 5.41) is 9.98. The molecule has 1 aromatic carbocycles. The number of H-pyrrole nitrogens is 1. The van der Waals surface area contributed by atoms with Crippen LogP contribution in [-0.2, 0) is 17.6 Å². The minimum Gasteiger partial charge on any atom is -0.365 e. The molecule has 0 radical (unpaired) electrons. The molecule has 0 aliphatic heterocycles. The van der Waals surface area contributed by atoms with Gasteiger partial charge in [0, 0.05) is 42.5 Å². The van der Waals surface area contributed by atoms with Crippen LogP contribution in [0.1, 0.15) is 11.3 Å². The van der Waals surface area contributed by atoms with Gasteiger partial charge in [0.15, 0.2) is 5.13 Å². The van der Waals surface area contributed by atoms with Crippen molar-refractivity contribution < 1.29 is 4.79 Å². The highest BCUT2D eigenvalue weighted by atomic mass is 32.1. The highest BCUT2D eigenvalue weighted by Gasteiger charge is 2.08. The fraction of sp³-hybridized carbons (Fsp3) is 0.250. The quantitative estimate of drug-likeness (QED) is 0.655. The maximum atomic E-state index is 12.1. The third-order valence-electron chi connectivity index (χ3n) is 3.49. The largest absolute Gasteiger partial charge is 0.365 e. The van der Waals surface area contributed by atoms with Crippen molar-refractivity contribution in [1.29, 1.82) is 0 Å². The molecule has 0 bridgehead atoms. The molecule has 0 unspecified atom stereocenters. The van der Waals surface area contributed by atoms with Crippen molar-refractivity contribution in [3.05, 3.63) is 47.1 Å². The Labute approximate surface area is 132 Å². The van der Waals surface area contributed by atoms with E-state index in [1.165, 1.54) is 0 Å². The number of para-hydroxylation sites is 1. The van der Waals surface area contributed by atoms with E-state index in [9.17, 15) is 4.79 Å². The SMILES string of the molecule is CNc1nc(CCNC(=O)Cc2c[nH]c3ccccc23)cs1. The van der Waals surface area contributed by atoms with Crippen LogP contribution in [0, 0.1) is 0 Å². The lowest BCUT2D eigenvalue weighted by Crippen LogP contribution is -2.27. The first-order chi connectivity index (χ1) is 10.8. The molecule has 6 heteroatoms. The van der Waals surface area contributed by atoms with Gasteiger partial charge in [0.25, 0.3) is 0 Å². The Kier molecular flexibility index (Phi) is 4.39. The van der Waals surface area contributed by atoms with E-state index in [0.717, 1.165) is 33.7 Å². The Balaban J connectivity index is 1.52. The van der Waals surface area contributed by atoms with Gasteiger partial charge >= 0.3 is 0 Å². The monoisotopic (exact) mass is 314 g/mol. The molecule has 2 aromatic heterocycles. The lowest BCUT2D eigenvalue weighted by Gasteiger charge is -2.03. The minimum absolute atomic E-state index is 0.0359. The third-order valence-corrected chi connectivity index (χ3v) is 4.40. The fourth-order valence-corrected chi connectivity index (χ4v) is 3.09. The zero-order chi connectivity index (χ0) is 15.4. The number of hydrogen-bond acceptors (Lipinski definition) is 4. The lowest BCUT2D eigenvalue weighted by atomic mass is 10.1. The molecule has 3 rings (SSSR count). The summed E-state index contributed by atoms with van der Waals surface area (Å²) in [6.45, 7) is 0.605. The molecule has 0 fully saturated rings. The van der Waals surface area contributed by atoms with E-state index in [1.54, 1.807) is 11.3 Å². The molecule has 0 spiro atoms. The first-order valence-corrected chi connectivity index (χ1v) is 8.08. The second-order valence-corrected chi connectivity index (χ2v) is 5.89. The fourth-order valence-electron chi connectivity index (χ4n) is 2.38. The standard InChI is InChI=1S/C16H18N4OS/c1-17-16-20-12(10-22-16)6-7-18-15(21)8-11-9-19-14-5-3-2-4-13(11)14/h2-5,9-10,19H,6-8H2,1H3,(H,17,20)(H,18,21). The number of nitrogens with one attached hydrogen (secondary N) is 3. The number of nitrogens with zero attached hydrogens (tertiary/aromatic N) is 1. The summed E-state index contributed by atoms with van der Waals surface area (Å²) in [6.07, 6.45) is 3.05. The lowest BCUT2D eigenvalue weighted by molar-refractivity contribution is -0.120. The number of fused-ring (bicyclic) bond motifs is 1. The van der Waals surface area contributed by atoms with E-state index in [-0.39, 0.29) is 5.91 Å². The molecule has 2 heterocycles. The van der Waals surface area contributed by atoms with Crippen LogP contribution in [0.3, 0.4) is 0 Å². The average Bonchev–Trinajstić information content (AvgIpc) is 3.15. The van der Waals surface area contributed by atoms with Gasteiger partial charge in [0.05, 0.1) is 12.1 Å². The van der Waals surface area contributed by atoms with Crippen molar-refractivity contribution >= 4 is 33.3 Å². The first kappa shape index (κ1) is 14.6. The van der Waals surface area contributed by atoms with Gasteiger partial charge in [-0.15, -0.1) is 11.3 Å². The minimum atomic E-state index is 0.0359. The topological polar surface area (TPSA) is 69.8 Å². The number of aromatic amines is 1. The number of hydrogen-bond donors (Lipinski definition) is 3. The van der Waals surface area contributed by atoms with Crippen LogP contribution in [0.2, 0.25) is 0 Å². The van der Waals surface area contributed by atoms with Gasteiger partial charge in [-0.05, 0) is 11.6 Å². The van der Waals surface area contributed by atoms with E-state index in [4.69, 9.17) is 0 Å². The Hall–Kier alpha value is -2.34. The van der Waals surface area contributed by atoms with Crippen LogP contribution in [-0.4, -0.2) is 29.5 Å². The number of thiazole rings is 1. The van der Waals surface area contributed by atoms with E-state index in [0.29, 0.717) is 13.0 Å². The predicted octanol–water partition coefficient (Wildman–Crippen LogP) is 2.57. The van der Waals surface area contributed by atoms with Gasteiger partial charge in [0.1, 0.15) is 0 Å². The molecule has 0 aliphatic carbocycles. The molecule has 0 atom stereocenters. The van der Waals surface area contributed by atoms with Gasteiger partial charge in [0.2, 0.25) is 5.91 Å². The van der Waals surface area contributed by atoms with Crippen LogP contribution in [0.25, 0.3) is 10.9 Å². The number of anilines is 1. The summed E-state index contributed by atoms with van der Waals surface area (Å²) >= 11 is 1.57. The van der Waals surface area contributed by atoms with Gasteiger partial charge in [-0.1, -0.05) is 18.2 Å². The van der Waals surface area contributed by atoms with Crippen molar-refractivity contribution in [2.24, 2.45) is 0 Å². The van der Waals surface area contributed by atoms with Crippen LogP contribution in [0.15, 0.2) is 35.8 Å². The van der Waals surface area contributed by atoms with Gasteiger partial charge in [-0.3, -0.25) is 4.79 Å². The third kappa shape index (κ3) is 3.28. The number of aromatic nitrogens is 2. The molecule has 0 saturated heterocycles. The number of amides is 1. The Bertz CT molecular complexity index is 777. The van der Waals surface area contributed by atoms with Gasteiger partial charge in [-0.25, -0.2) is 4.98 Å². The molecule has 3 aromatic rings. The summed E-state index contributed by atoms with van der Waals surface area (Å²) in [5.74, 6) is 0.0359. The van der Waals surface area contributed by atoms with Crippen molar-refractivity contribution in [2.75, 3.05) is 18.9 Å². The maximum Gasteiger partial charge on any atom is 0.224 e. The van der Waals surface area contributed by atoms with E-state index >= 15 is 0 Å². The summed E-state index contributed by atoms with van der Waals surface area (Å²) < 4.78 is 0. The molecular formula is C16H18N4OS. The van der Waals surface area contributed by atoms with Crippen molar-refractivity contribution in [3.63, 3.8) is 0 Å². The van der Waals surface area contributed by atoms with Crippen LogP contribution in [0.5, 0.6) is 0 Å². The first-order valence-electron chi connectivity index (χ1n) is 7.20. The zero-order valence-corrected chi connectivity index (χ0v) is 13.2. The van der Waals surface area contributed by atoms with Crippen LogP contribution in [0.4, 0.5) is 5.13 Å². The second-order valence-electron chi connectivity index (χ2n) is 5.03. The second kappa shape index (κ2) is 6.62. The summed E-state index contributed by atoms with van der Waals surface area (Å²) in [6, 6.07) is 8.01. The molecular weight excluding hydrogens is 296 g/mol. The van der Waals surface area contributed by atoms with Crippen molar-refractivity contribution in [1.82, 2.24) is 15.3 Å². The number of benzene rings is 1. The summed E-state index contributed by atoms with van der Waals surface area (Å²) in [7, 11) is 1.85.